The molecule has 1 amide bonds. The van der Waals surface area contributed by atoms with E-state index in [-0.39, 0.29) is 5.91 Å². The minimum atomic E-state index is 0.279. The third kappa shape index (κ3) is 1.36. The average Bonchev–Trinajstić information content (AvgIpc) is 2.57. The summed E-state index contributed by atoms with van der Waals surface area (Å²) in [5.74, 6) is 1.10. The Morgan fingerprint density at radius 1 is 1.62 bits per heavy atom. The van der Waals surface area contributed by atoms with E-state index in [1.165, 1.54) is 19.3 Å². The normalized spacial score (nSPS) is 44.3. The molecule has 0 aromatic heterocycles. The molecule has 0 aromatic carbocycles. The highest BCUT2D eigenvalue weighted by Gasteiger charge is 2.49. The van der Waals surface area contributed by atoms with E-state index >= 15 is 0 Å². The Balaban J connectivity index is 2.16. The molecule has 1 aliphatic heterocycles. The van der Waals surface area contributed by atoms with Crippen LogP contribution in [0.15, 0.2) is 0 Å². The quantitative estimate of drug-likeness (QED) is 0.659. The number of hydrogen-bond donors (Lipinski definition) is 1. The van der Waals surface area contributed by atoms with Crippen LogP contribution in [0.1, 0.15) is 46.0 Å². The fourth-order valence-corrected chi connectivity index (χ4v) is 3.29. The van der Waals surface area contributed by atoms with Crippen LogP contribution < -0.4 is 5.32 Å². The van der Waals surface area contributed by atoms with Crippen LogP contribution in [0.25, 0.3) is 0 Å². The van der Waals surface area contributed by atoms with Gasteiger partial charge in [0.1, 0.15) is 0 Å². The molecule has 1 N–H and O–H groups in total. The van der Waals surface area contributed by atoms with Crippen LogP contribution in [0.4, 0.5) is 0 Å². The van der Waals surface area contributed by atoms with Gasteiger partial charge in [0.2, 0.25) is 5.91 Å². The van der Waals surface area contributed by atoms with E-state index in [0.717, 1.165) is 18.8 Å². The summed E-state index contributed by atoms with van der Waals surface area (Å²) in [6.07, 6.45) is 5.70. The first-order valence-corrected chi connectivity index (χ1v) is 5.45. The van der Waals surface area contributed by atoms with Crippen LogP contribution in [0, 0.1) is 11.3 Å². The molecule has 1 spiro atoms. The Hall–Kier alpha value is -0.530. The lowest BCUT2D eigenvalue weighted by Crippen LogP contribution is -2.34. The van der Waals surface area contributed by atoms with Gasteiger partial charge in [0.05, 0.1) is 0 Å². The van der Waals surface area contributed by atoms with Crippen molar-refractivity contribution in [3.8, 4) is 0 Å². The molecule has 0 bridgehead atoms. The van der Waals surface area contributed by atoms with E-state index in [1.807, 2.05) is 0 Å². The molecule has 1 saturated carbocycles. The third-order valence-corrected chi connectivity index (χ3v) is 3.89. The first-order chi connectivity index (χ1) is 6.16. The minimum Gasteiger partial charge on any atom is -0.353 e. The molecule has 2 rings (SSSR count). The summed E-state index contributed by atoms with van der Waals surface area (Å²) in [6.45, 7) is 4.49. The van der Waals surface area contributed by atoms with Crippen molar-refractivity contribution in [2.24, 2.45) is 11.3 Å². The second-order valence-electron chi connectivity index (χ2n) is 4.92. The molecule has 0 radical (unpaired) electrons. The predicted molar refractivity (Wildman–Crippen MR) is 52.3 cm³/mol. The number of hydrogen-bond acceptors (Lipinski definition) is 1. The summed E-state index contributed by atoms with van der Waals surface area (Å²) in [5, 5.41) is 3.12. The summed E-state index contributed by atoms with van der Waals surface area (Å²) in [5.41, 5.74) is 0.339. The molecule has 0 aromatic rings. The number of carbonyl (C=O) groups is 1. The van der Waals surface area contributed by atoms with Crippen LogP contribution in [-0.4, -0.2) is 11.9 Å². The fraction of sp³-hybridized carbons (Fsp3) is 0.909. The van der Waals surface area contributed by atoms with Crippen molar-refractivity contribution < 1.29 is 4.79 Å². The van der Waals surface area contributed by atoms with Gasteiger partial charge in [-0.1, -0.05) is 20.3 Å². The van der Waals surface area contributed by atoms with Crippen molar-refractivity contribution in [2.45, 2.75) is 52.0 Å². The maximum atomic E-state index is 11.4. The first kappa shape index (κ1) is 9.04. The van der Waals surface area contributed by atoms with E-state index in [1.54, 1.807) is 0 Å². The average molecular weight is 181 g/mol. The van der Waals surface area contributed by atoms with Gasteiger partial charge in [-0.2, -0.15) is 0 Å². The van der Waals surface area contributed by atoms with Gasteiger partial charge in [0, 0.05) is 12.5 Å². The van der Waals surface area contributed by atoms with Gasteiger partial charge >= 0.3 is 0 Å². The van der Waals surface area contributed by atoms with Gasteiger partial charge in [0.15, 0.2) is 0 Å². The van der Waals surface area contributed by atoms with Gasteiger partial charge in [-0.3, -0.25) is 4.79 Å². The molecule has 2 aliphatic rings. The number of amides is 1. The fourth-order valence-electron chi connectivity index (χ4n) is 3.29. The molecule has 1 heterocycles. The van der Waals surface area contributed by atoms with E-state index in [4.69, 9.17) is 0 Å². The predicted octanol–water partition coefficient (Wildman–Crippen LogP) is 2.09. The maximum absolute atomic E-state index is 11.4. The Labute approximate surface area is 80.1 Å². The van der Waals surface area contributed by atoms with Crippen LogP contribution in [-0.2, 0) is 4.79 Å². The molecule has 74 valence electrons. The van der Waals surface area contributed by atoms with Crippen molar-refractivity contribution in [3.05, 3.63) is 0 Å². The van der Waals surface area contributed by atoms with Crippen molar-refractivity contribution in [1.82, 2.24) is 5.32 Å². The van der Waals surface area contributed by atoms with Crippen molar-refractivity contribution in [2.75, 3.05) is 0 Å². The lowest BCUT2D eigenvalue weighted by molar-refractivity contribution is -0.119. The molecular weight excluding hydrogens is 162 g/mol. The zero-order valence-corrected chi connectivity index (χ0v) is 8.60. The van der Waals surface area contributed by atoms with Crippen molar-refractivity contribution in [1.29, 1.82) is 0 Å². The van der Waals surface area contributed by atoms with Crippen LogP contribution in [0.3, 0.4) is 0 Å². The largest absolute Gasteiger partial charge is 0.353 e. The Kier molecular flexibility index (Phi) is 2.09. The van der Waals surface area contributed by atoms with Crippen molar-refractivity contribution >= 4 is 5.91 Å². The lowest BCUT2D eigenvalue weighted by atomic mass is 9.77. The monoisotopic (exact) mass is 181 g/mol. The van der Waals surface area contributed by atoms with Gasteiger partial charge in [-0.25, -0.2) is 0 Å². The van der Waals surface area contributed by atoms with E-state index in [0.29, 0.717) is 11.5 Å². The Morgan fingerprint density at radius 2 is 2.38 bits per heavy atom. The summed E-state index contributed by atoms with van der Waals surface area (Å²) in [7, 11) is 0. The Bertz CT molecular complexity index is 226. The van der Waals surface area contributed by atoms with Crippen LogP contribution >= 0.6 is 0 Å². The number of nitrogens with one attached hydrogen (secondary N) is 1. The molecule has 1 saturated heterocycles. The molecule has 13 heavy (non-hydrogen) atoms. The second-order valence-corrected chi connectivity index (χ2v) is 4.92. The van der Waals surface area contributed by atoms with Gasteiger partial charge in [-0.05, 0) is 30.6 Å². The van der Waals surface area contributed by atoms with E-state index < -0.39 is 0 Å². The van der Waals surface area contributed by atoms with E-state index in [9.17, 15) is 4.79 Å². The van der Waals surface area contributed by atoms with Gasteiger partial charge in [-0.15, -0.1) is 0 Å². The van der Waals surface area contributed by atoms with Crippen LogP contribution in [0.5, 0.6) is 0 Å². The standard InChI is InChI=1S/C11H19NO/c1-3-9-11(7-10(13)12-9)5-4-8(2)6-11/h8-9H,3-7H2,1-2H3,(H,12,13). The zero-order chi connectivity index (χ0) is 9.47. The summed E-state index contributed by atoms with van der Waals surface area (Å²) in [4.78, 5) is 11.4. The molecule has 3 atom stereocenters. The Morgan fingerprint density at radius 3 is 2.92 bits per heavy atom. The SMILES string of the molecule is CCC1NC(=O)CC12CCC(C)C2. The van der Waals surface area contributed by atoms with Gasteiger partial charge in [0.25, 0.3) is 0 Å². The van der Waals surface area contributed by atoms with E-state index in [2.05, 4.69) is 19.2 Å². The molecule has 2 heteroatoms. The summed E-state index contributed by atoms with van der Waals surface area (Å²) in [6, 6.07) is 0.463. The van der Waals surface area contributed by atoms with Gasteiger partial charge < -0.3 is 5.32 Å². The highest BCUT2D eigenvalue weighted by Crippen LogP contribution is 2.50. The first-order valence-electron chi connectivity index (χ1n) is 5.45. The molecule has 2 nitrogen and oxygen atoms in total. The smallest absolute Gasteiger partial charge is 0.220 e. The summed E-state index contributed by atoms with van der Waals surface area (Å²) >= 11 is 0. The summed E-state index contributed by atoms with van der Waals surface area (Å²) < 4.78 is 0. The minimum absolute atomic E-state index is 0.279. The van der Waals surface area contributed by atoms with Crippen molar-refractivity contribution in [3.63, 3.8) is 0 Å². The third-order valence-electron chi connectivity index (χ3n) is 3.89. The maximum Gasteiger partial charge on any atom is 0.220 e. The van der Waals surface area contributed by atoms with Crippen LogP contribution in [0.2, 0.25) is 0 Å². The topological polar surface area (TPSA) is 29.1 Å². The molecule has 1 aliphatic carbocycles. The zero-order valence-electron chi connectivity index (χ0n) is 8.60. The number of carbonyl (C=O) groups excluding carboxylic acids is 1. The molecule has 2 fully saturated rings. The lowest BCUT2D eigenvalue weighted by Gasteiger charge is -2.28. The second kappa shape index (κ2) is 3.00. The number of rotatable bonds is 1. The molecular formula is C11H19NO. The highest BCUT2D eigenvalue weighted by molar-refractivity contribution is 5.80. The highest BCUT2D eigenvalue weighted by atomic mass is 16.2. The molecule has 3 unspecified atom stereocenters.